The zero-order valence-electron chi connectivity index (χ0n) is 20.4. The first-order valence-corrected chi connectivity index (χ1v) is 12.1. The van der Waals surface area contributed by atoms with Crippen molar-refractivity contribution in [3.8, 4) is 11.5 Å². The van der Waals surface area contributed by atoms with Gasteiger partial charge in [0.25, 0.3) is 0 Å². The summed E-state index contributed by atoms with van der Waals surface area (Å²) in [4.78, 5) is 0. The summed E-state index contributed by atoms with van der Waals surface area (Å²) in [5.74, 6) is 0.736. The van der Waals surface area contributed by atoms with Crippen LogP contribution in [-0.4, -0.2) is 19.4 Å². The number of ether oxygens (including phenoxy) is 2. The van der Waals surface area contributed by atoms with E-state index in [-0.39, 0.29) is 11.6 Å². The fourth-order valence-electron chi connectivity index (χ4n) is 4.13. The average Bonchev–Trinajstić information content (AvgIpc) is 2.90. The van der Waals surface area contributed by atoms with Gasteiger partial charge in [-0.15, -0.1) is 0 Å². The summed E-state index contributed by atoms with van der Waals surface area (Å²) in [7, 11) is 0. The maximum absolute atomic E-state index is 15.2. The Balaban J connectivity index is 1.35. The Hall–Kier alpha value is -3.80. The fourth-order valence-corrected chi connectivity index (χ4v) is 4.13. The van der Waals surface area contributed by atoms with Crippen molar-refractivity contribution < 1.29 is 27.0 Å². The van der Waals surface area contributed by atoms with Crippen LogP contribution >= 0.6 is 0 Å². The van der Waals surface area contributed by atoms with Crippen molar-refractivity contribution in [3.63, 3.8) is 0 Å². The molecule has 0 aliphatic carbocycles. The van der Waals surface area contributed by atoms with E-state index >= 15 is 4.39 Å². The maximum atomic E-state index is 15.2. The smallest absolute Gasteiger partial charge is 0.422 e. The molecular weight excluding hydrogens is 480 g/mol. The van der Waals surface area contributed by atoms with Gasteiger partial charge >= 0.3 is 6.18 Å². The van der Waals surface area contributed by atoms with Gasteiger partial charge in [-0.05, 0) is 77.6 Å². The third-order valence-electron chi connectivity index (χ3n) is 6.10. The Morgan fingerprint density at radius 2 is 1.24 bits per heavy atom. The lowest BCUT2D eigenvalue weighted by Crippen LogP contribution is -2.19. The first-order chi connectivity index (χ1) is 17.8. The summed E-state index contributed by atoms with van der Waals surface area (Å²) in [6.07, 6.45) is 0.0982. The van der Waals surface area contributed by atoms with Crippen LogP contribution in [0.1, 0.15) is 22.3 Å². The van der Waals surface area contributed by atoms with Gasteiger partial charge in [0.05, 0.1) is 0 Å². The predicted octanol–water partition coefficient (Wildman–Crippen LogP) is 8.06. The van der Waals surface area contributed by atoms with E-state index in [0.29, 0.717) is 30.4 Å². The Bertz CT molecular complexity index is 1330. The quantitative estimate of drug-likeness (QED) is 0.151. The van der Waals surface area contributed by atoms with Crippen LogP contribution < -0.4 is 9.47 Å². The normalized spacial score (nSPS) is 11.5. The zero-order valence-corrected chi connectivity index (χ0v) is 20.4. The van der Waals surface area contributed by atoms with Crippen LogP contribution in [-0.2, 0) is 25.7 Å². The number of fused-ring (bicyclic) bond motifs is 1. The molecule has 0 N–H and O–H groups in total. The molecule has 0 heterocycles. The molecule has 0 spiro atoms. The van der Waals surface area contributed by atoms with Crippen LogP contribution in [0.2, 0.25) is 0 Å². The van der Waals surface area contributed by atoms with Crippen molar-refractivity contribution in [2.24, 2.45) is 0 Å². The molecule has 4 rings (SSSR count). The Morgan fingerprint density at radius 3 is 1.86 bits per heavy atom. The lowest BCUT2D eigenvalue weighted by Gasteiger charge is -2.11. The molecule has 0 unspecified atom stereocenters. The standard InChI is InChI=1S/C31H28F4O2/c1-2-19-36-27-14-6-22(7-15-27)3-4-24-10-18-29-26(20-24)13-12-25(30(29)32)11-5-23-8-16-28(17-9-23)37-21-31(33,34)35/h2,6-10,12-18,20H,1,3-5,11,19,21H2. The van der Waals surface area contributed by atoms with Crippen LogP contribution in [0.25, 0.3) is 10.8 Å². The molecule has 0 aromatic heterocycles. The molecule has 6 heteroatoms. The van der Waals surface area contributed by atoms with Gasteiger partial charge in [0.1, 0.15) is 23.9 Å². The van der Waals surface area contributed by atoms with Crippen molar-refractivity contribution in [2.45, 2.75) is 31.9 Å². The zero-order chi connectivity index (χ0) is 26.3. The van der Waals surface area contributed by atoms with Gasteiger partial charge in [0.15, 0.2) is 6.61 Å². The Kier molecular flexibility index (Phi) is 8.49. The summed E-state index contributed by atoms with van der Waals surface area (Å²) in [5.41, 5.74) is 3.85. The van der Waals surface area contributed by atoms with Crippen LogP contribution in [0.3, 0.4) is 0 Å². The number of rotatable bonds is 11. The van der Waals surface area contributed by atoms with E-state index in [2.05, 4.69) is 18.7 Å². The maximum Gasteiger partial charge on any atom is 0.422 e. The van der Waals surface area contributed by atoms with E-state index in [4.69, 9.17) is 9.47 Å². The van der Waals surface area contributed by atoms with E-state index in [1.807, 2.05) is 42.5 Å². The highest BCUT2D eigenvalue weighted by molar-refractivity contribution is 5.84. The van der Waals surface area contributed by atoms with Gasteiger partial charge < -0.3 is 9.47 Å². The lowest BCUT2D eigenvalue weighted by atomic mass is 9.97. The molecule has 2 nitrogen and oxygen atoms in total. The van der Waals surface area contributed by atoms with E-state index < -0.39 is 12.8 Å². The van der Waals surface area contributed by atoms with Gasteiger partial charge in [-0.3, -0.25) is 0 Å². The van der Waals surface area contributed by atoms with Gasteiger partial charge in [-0.1, -0.05) is 67.3 Å². The molecule has 192 valence electrons. The number of alkyl halides is 3. The highest BCUT2D eigenvalue weighted by Crippen LogP contribution is 2.25. The van der Waals surface area contributed by atoms with Gasteiger partial charge in [-0.25, -0.2) is 4.39 Å². The minimum absolute atomic E-state index is 0.156. The highest BCUT2D eigenvalue weighted by Gasteiger charge is 2.28. The van der Waals surface area contributed by atoms with Crippen LogP contribution in [0.15, 0.2) is 91.5 Å². The number of hydrogen-bond acceptors (Lipinski definition) is 2. The molecule has 37 heavy (non-hydrogen) atoms. The third-order valence-corrected chi connectivity index (χ3v) is 6.10. The van der Waals surface area contributed by atoms with Gasteiger partial charge in [-0.2, -0.15) is 13.2 Å². The Labute approximate surface area is 214 Å². The first kappa shape index (κ1) is 26.3. The summed E-state index contributed by atoms with van der Waals surface area (Å²) >= 11 is 0. The second-order valence-corrected chi connectivity index (χ2v) is 8.89. The molecule has 0 saturated heterocycles. The third kappa shape index (κ3) is 7.59. The van der Waals surface area contributed by atoms with E-state index in [1.165, 1.54) is 17.7 Å². The second-order valence-electron chi connectivity index (χ2n) is 8.89. The molecule has 0 saturated carbocycles. The number of hydrogen-bond donors (Lipinski definition) is 0. The van der Waals surface area contributed by atoms with Crippen molar-refractivity contribution in [2.75, 3.05) is 13.2 Å². The molecule has 0 aliphatic heterocycles. The van der Waals surface area contributed by atoms with E-state index in [9.17, 15) is 13.2 Å². The molecule has 0 atom stereocenters. The highest BCUT2D eigenvalue weighted by atomic mass is 19.4. The fraction of sp³-hybridized carbons (Fsp3) is 0.226. The topological polar surface area (TPSA) is 18.5 Å². The van der Waals surface area contributed by atoms with E-state index in [0.717, 1.165) is 35.1 Å². The minimum atomic E-state index is -4.37. The van der Waals surface area contributed by atoms with Crippen LogP contribution in [0.4, 0.5) is 17.6 Å². The Morgan fingerprint density at radius 1 is 0.676 bits per heavy atom. The van der Waals surface area contributed by atoms with Crippen molar-refractivity contribution >= 4 is 10.8 Å². The summed E-state index contributed by atoms with van der Waals surface area (Å²) in [6.45, 7) is 2.80. The molecule has 0 bridgehead atoms. The number of aryl methyl sites for hydroxylation is 4. The minimum Gasteiger partial charge on any atom is -0.490 e. The van der Waals surface area contributed by atoms with Crippen molar-refractivity contribution in [3.05, 3.63) is 120 Å². The summed E-state index contributed by atoms with van der Waals surface area (Å²) < 4.78 is 62.3. The van der Waals surface area contributed by atoms with Crippen molar-refractivity contribution in [1.82, 2.24) is 0 Å². The molecule has 4 aromatic rings. The number of halogens is 4. The molecule has 0 aliphatic rings. The molecule has 0 radical (unpaired) electrons. The lowest BCUT2D eigenvalue weighted by molar-refractivity contribution is -0.153. The predicted molar refractivity (Wildman–Crippen MR) is 139 cm³/mol. The SMILES string of the molecule is C=CCOc1ccc(CCc2ccc3c(F)c(CCc4ccc(OCC(F)(F)F)cc4)ccc3c2)cc1. The van der Waals surface area contributed by atoms with Gasteiger partial charge in [0.2, 0.25) is 0 Å². The molecule has 0 fully saturated rings. The monoisotopic (exact) mass is 508 g/mol. The van der Waals surface area contributed by atoms with Crippen LogP contribution in [0.5, 0.6) is 11.5 Å². The second kappa shape index (κ2) is 12.0. The van der Waals surface area contributed by atoms with Gasteiger partial charge in [0, 0.05) is 5.39 Å². The van der Waals surface area contributed by atoms with Crippen LogP contribution in [0, 0.1) is 5.82 Å². The van der Waals surface area contributed by atoms with Crippen molar-refractivity contribution in [1.29, 1.82) is 0 Å². The molecule has 0 amide bonds. The number of benzene rings is 4. The molecular formula is C31H28F4O2. The largest absolute Gasteiger partial charge is 0.490 e. The van der Waals surface area contributed by atoms with E-state index in [1.54, 1.807) is 18.2 Å². The first-order valence-electron chi connectivity index (χ1n) is 12.1. The summed E-state index contributed by atoms with van der Waals surface area (Å²) in [5, 5.41) is 1.44. The average molecular weight is 509 g/mol. The molecule has 4 aromatic carbocycles. The summed E-state index contributed by atoms with van der Waals surface area (Å²) in [6, 6.07) is 24.0.